The van der Waals surface area contributed by atoms with E-state index in [2.05, 4.69) is 4.74 Å². The lowest BCUT2D eigenvalue weighted by atomic mass is 10.2. The second-order valence-electron chi connectivity index (χ2n) is 2.89. The van der Waals surface area contributed by atoms with Gasteiger partial charge >= 0.3 is 5.97 Å². The van der Waals surface area contributed by atoms with Gasteiger partial charge in [-0.1, -0.05) is 13.8 Å². The van der Waals surface area contributed by atoms with Gasteiger partial charge in [0.2, 0.25) is 0 Å². The first-order valence-electron chi connectivity index (χ1n) is 3.77. The molecule has 0 aliphatic heterocycles. The van der Waals surface area contributed by atoms with Crippen molar-refractivity contribution in [2.24, 2.45) is 5.92 Å². The van der Waals surface area contributed by atoms with Crippen molar-refractivity contribution < 1.29 is 14.3 Å². The van der Waals surface area contributed by atoms with Crippen LogP contribution in [-0.2, 0) is 14.3 Å². The van der Waals surface area contributed by atoms with Crippen molar-refractivity contribution in [3.05, 3.63) is 0 Å². The zero-order valence-corrected chi connectivity index (χ0v) is 7.59. The molecule has 0 aromatic rings. The molecule has 66 valence electrons. The van der Waals surface area contributed by atoms with Crippen molar-refractivity contribution in [2.45, 2.75) is 26.9 Å². The molecule has 0 aromatic carbocycles. The van der Waals surface area contributed by atoms with Crippen LogP contribution >= 0.6 is 0 Å². The maximum atomic E-state index is 10.8. The van der Waals surface area contributed by atoms with E-state index in [4.69, 9.17) is 4.74 Å². The second kappa shape index (κ2) is 5.13. The third kappa shape index (κ3) is 4.79. The van der Waals surface area contributed by atoms with Crippen LogP contribution in [0.3, 0.4) is 0 Å². The van der Waals surface area contributed by atoms with Gasteiger partial charge in [0, 0.05) is 0 Å². The molecule has 11 heavy (non-hydrogen) atoms. The molecular weight excluding hydrogens is 144 g/mol. The Morgan fingerprint density at radius 1 is 1.36 bits per heavy atom. The molecule has 0 aliphatic carbocycles. The van der Waals surface area contributed by atoms with E-state index in [9.17, 15) is 4.79 Å². The predicted molar refractivity (Wildman–Crippen MR) is 42.3 cm³/mol. The van der Waals surface area contributed by atoms with Gasteiger partial charge in [-0.15, -0.1) is 0 Å². The summed E-state index contributed by atoms with van der Waals surface area (Å²) in [4.78, 5) is 10.8. The van der Waals surface area contributed by atoms with Crippen molar-refractivity contribution in [3.63, 3.8) is 0 Å². The molecule has 0 rings (SSSR count). The molecule has 1 atom stereocenters. The Kier molecular flexibility index (Phi) is 4.86. The highest BCUT2D eigenvalue weighted by atomic mass is 16.6. The van der Waals surface area contributed by atoms with Crippen LogP contribution in [-0.4, -0.2) is 25.8 Å². The predicted octanol–water partition coefficient (Wildman–Crippen LogP) is 1.22. The molecular formula is C8H16O3. The van der Waals surface area contributed by atoms with Crippen LogP contribution in [0.2, 0.25) is 0 Å². The van der Waals surface area contributed by atoms with Crippen molar-refractivity contribution in [1.82, 2.24) is 0 Å². The average molecular weight is 160 g/mol. The maximum Gasteiger partial charge on any atom is 0.334 e. The molecule has 0 fully saturated rings. The smallest absolute Gasteiger partial charge is 0.334 e. The quantitative estimate of drug-likeness (QED) is 0.580. The fourth-order valence-electron chi connectivity index (χ4n) is 0.571. The van der Waals surface area contributed by atoms with Crippen LogP contribution in [0.4, 0.5) is 0 Å². The van der Waals surface area contributed by atoms with E-state index in [0.29, 0.717) is 12.5 Å². The fourth-order valence-corrected chi connectivity index (χ4v) is 0.571. The number of esters is 1. The monoisotopic (exact) mass is 160 g/mol. The third-order valence-electron chi connectivity index (χ3n) is 1.21. The van der Waals surface area contributed by atoms with Gasteiger partial charge in [0.05, 0.1) is 13.7 Å². The summed E-state index contributed by atoms with van der Waals surface area (Å²) in [6.45, 7) is 6.35. The molecule has 3 heteroatoms. The van der Waals surface area contributed by atoms with Gasteiger partial charge in [-0.05, 0) is 12.8 Å². The number of hydrogen-bond donors (Lipinski definition) is 0. The van der Waals surface area contributed by atoms with Crippen molar-refractivity contribution >= 4 is 5.97 Å². The highest BCUT2D eigenvalue weighted by Gasteiger charge is 2.13. The first-order chi connectivity index (χ1) is 5.07. The molecule has 0 radical (unpaired) electrons. The van der Waals surface area contributed by atoms with Crippen LogP contribution < -0.4 is 0 Å². The SMILES string of the molecule is COC(=O)[C@H](C)OCC(C)C. The molecule has 0 aromatic heterocycles. The normalized spacial score (nSPS) is 13.2. The van der Waals surface area contributed by atoms with E-state index in [0.717, 1.165) is 0 Å². The molecule has 0 saturated heterocycles. The van der Waals surface area contributed by atoms with Crippen molar-refractivity contribution in [2.75, 3.05) is 13.7 Å². The molecule has 0 aliphatic rings. The van der Waals surface area contributed by atoms with Crippen molar-refractivity contribution in [3.8, 4) is 0 Å². The topological polar surface area (TPSA) is 35.5 Å². The van der Waals surface area contributed by atoms with E-state index in [1.54, 1.807) is 6.92 Å². The Labute approximate surface area is 67.7 Å². The average Bonchev–Trinajstić information content (AvgIpc) is 1.98. The summed E-state index contributed by atoms with van der Waals surface area (Å²) in [5, 5.41) is 0. The molecule has 0 saturated carbocycles. The summed E-state index contributed by atoms with van der Waals surface area (Å²) in [6.07, 6.45) is -0.442. The number of rotatable bonds is 4. The Balaban J connectivity index is 3.52. The summed E-state index contributed by atoms with van der Waals surface area (Å²) in [5.74, 6) is 0.132. The van der Waals surface area contributed by atoms with Crippen LogP contribution in [0.1, 0.15) is 20.8 Å². The lowest BCUT2D eigenvalue weighted by Gasteiger charge is -2.11. The number of carbonyl (C=O) groups is 1. The Bertz CT molecular complexity index is 121. The van der Waals surface area contributed by atoms with E-state index >= 15 is 0 Å². The summed E-state index contributed by atoms with van der Waals surface area (Å²) < 4.78 is 9.66. The fraction of sp³-hybridized carbons (Fsp3) is 0.875. The van der Waals surface area contributed by atoms with Crippen LogP contribution in [0.15, 0.2) is 0 Å². The highest BCUT2D eigenvalue weighted by molar-refractivity contribution is 5.73. The lowest BCUT2D eigenvalue weighted by molar-refractivity contribution is -0.153. The summed E-state index contributed by atoms with van der Waals surface area (Å²) in [5.41, 5.74) is 0. The van der Waals surface area contributed by atoms with E-state index in [1.165, 1.54) is 7.11 Å². The van der Waals surface area contributed by atoms with Gasteiger partial charge in [-0.25, -0.2) is 4.79 Å². The summed E-state index contributed by atoms with van der Waals surface area (Å²) >= 11 is 0. The minimum Gasteiger partial charge on any atom is -0.467 e. The van der Waals surface area contributed by atoms with Gasteiger partial charge in [0.15, 0.2) is 6.10 Å². The third-order valence-corrected chi connectivity index (χ3v) is 1.21. The van der Waals surface area contributed by atoms with Gasteiger partial charge in [0.1, 0.15) is 0 Å². The van der Waals surface area contributed by atoms with E-state index in [-0.39, 0.29) is 5.97 Å². The Morgan fingerprint density at radius 2 is 1.91 bits per heavy atom. The van der Waals surface area contributed by atoms with Crippen molar-refractivity contribution in [1.29, 1.82) is 0 Å². The first-order valence-corrected chi connectivity index (χ1v) is 3.77. The second-order valence-corrected chi connectivity index (χ2v) is 2.89. The van der Waals surface area contributed by atoms with E-state index < -0.39 is 6.10 Å². The number of methoxy groups -OCH3 is 1. The summed E-state index contributed by atoms with van der Waals surface area (Å²) in [7, 11) is 1.36. The number of carbonyl (C=O) groups excluding carboxylic acids is 1. The molecule has 0 spiro atoms. The molecule has 0 heterocycles. The molecule has 0 N–H and O–H groups in total. The lowest BCUT2D eigenvalue weighted by Crippen LogP contribution is -2.23. The van der Waals surface area contributed by atoms with E-state index in [1.807, 2.05) is 13.8 Å². The number of ether oxygens (including phenoxy) is 2. The molecule has 0 bridgehead atoms. The van der Waals surface area contributed by atoms with Crippen LogP contribution in [0.5, 0.6) is 0 Å². The molecule has 0 unspecified atom stereocenters. The van der Waals surface area contributed by atoms with Crippen LogP contribution in [0.25, 0.3) is 0 Å². The first kappa shape index (κ1) is 10.4. The zero-order valence-electron chi connectivity index (χ0n) is 7.59. The Hall–Kier alpha value is -0.570. The van der Waals surface area contributed by atoms with Crippen LogP contribution in [0, 0.1) is 5.92 Å². The van der Waals surface area contributed by atoms with Gasteiger partial charge < -0.3 is 9.47 Å². The standard InChI is InChI=1S/C8H16O3/c1-6(2)5-11-7(3)8(9)10-4/h6-7H,5H2,1-4H3/t7-/m0/s1. The zero-order chi connectivity index (χ0) is 8.85. The van der Waals surface area contributed by atoms with Gasteiger partial charge in [-0.2, -0.15) is 0 Å². The molecule has 3 nitrogen and oxygen atoms in total. The van der Waals surface area contributed by atoms with Gasteiger partial charge in [-0.3, -0.25) is 0 Å². The minimum atomic E-state index is -0.442. The van der Waals surface area contributed by atoms with Gasteiger partial charge in [0.25, 0.3) is 0 Å². The maximum absolute atomic E-state index is 10.8. The highest BCUT2D eigenvalue weighted by Crippen LogP contribution is 1.98. The number of hydrogen-bond acceptors (Lipinski definition) is 3. The largest absolute Gasteiger partial charge is 0.467 e. The minimum absolute atomic E-state index is 0.314. The Morgan fingerprint density at radius 3 is 2.27 bits per heavy atom. The molecule has 0 amide bonds. The summed E-state index contributed by atoms with van der Waals surface area (Å²) in [6, 6.07) is 0.